The van der Waals surface area contributed by atoms with Gasteiger partial charge < -0.3 is 0 Å². The van der Waals surface area contributed by atoms with E-state index in [1.807, 2.05) is 5.92 Å². The van der Waals surface area contributed by atoms with Crippen molar-refractivity contribution in [3.63, 3.8) is 0 Å². The summed E-state index contributed by atoms with van der Waals surface area (Å²) in [5.74, 6) is -2.83. The predicted molar refractivity (Wildman–Crippen MR) is 63.1 cm³/mol. The number of nitro benzene ring substituents is 1. The van der Waals surface area contributed by atoms with E-state index in [0.717, 1.165) is 12.1 Å². The maximum atomic E-state index is 13.3. The summed E-state index contributed by atoms with van der Waals surface area (Å²) in [6.07, 6.45) is 0. The summed E-state index contributed by atoms with van der Waals surface area (Å²) in [7, 11) is 0. The van der Waals surface area contributed by atoms with E-state index >= 15 is 0 Å². The monoisotopic (exact) mass is 296 g/mol. The summed E-state index contributed by atoms with van der Waals surface area (Å²) in [5.41, 5.74) is -1.12. The van der Waals surface area contributed by atoms with Gasteiger partial charge in [0.25, 0.3) is 17.6 Å². The Hall–Kier alpha value is -2.95. The quantitative estimate of drug-likeness (QED) is 0.267. The van der Waals surface area contributed by atoms with E-state index in [0.29, 0.717) is 0 Å². The van der Waals surface area contributed by atoms with Crippen molar-refractivity contribution in [1.29, 1.82) is 0 Å². The highest BCUT2D eigenvalue weighted by molar-refractivity contribution is 5.46. The van der Waals surface area contributed by atoms with Gasteiger partial charge in [0.15, 0.2) is 11.6 Å². The first-order chi connectivity index (χ1) is 9.90. The second kappa shape index (κ2) is 5.58. The zero-order chi connectivity index (χ0) is 15.6. The zero-order valence-corrected chi connectivity index (χ0v) is 10.0. The Morgan fingerprint density at radius 2 is 1.48 bits per heavy atom. The van der Waals surface area contributed by atoms with Crippen molar-refractivity contribution in [2.45, 2.75) is 0 Å². The Morgan fingerprint density at radius 3 is 1.95 bits per heavy atom. The van der Waals surface area contributed by atoms with Gasteiger partial charge in [0.2, 0.25) is 0 Å². The standard InChI is InChI=1S/C13H4F4N2O2/c14-10-9(11(15)13(17)18-12(10)16)6-3-7-1-4-8(5-2-7)19(20)21/h1-2,4-5H. The molecule has 1 heterocycles. The van der Waals surface area contributed by atoms with Crippen LogP contribution in [-0.4, -0.2) is 9.91 Å². The molecule has 1 aromatic carbocycles. The molecule has 0 radical (unpaired) electrons. The van der Waals surface area contributed by atoms with Crippen molar-refractivity contribution < 1.29 is 22.5 Å². The lowest BCUT2D eigenvalue weighted by atomic mass is 10.2. The molecular formula is C13H4F4N2O2. The van der Waals surface area contributed by atoms with E-state index in [4.69, 9.17) is 0 Å². The molecule has 4 nitrogen and oxygen atoms in total. The molecule has 0 fully saturated rings. The van der Waals surface area contributed by atoms with E-state index in [1.165, 1.54) is 12.1 Å². The fourth-order valence-electron chi connectivity index (χ4n) is 1.40. The molecule has 0 unspecified atom stereocenters. The molecule has 8 heteroatoms. The molecule has 0 bridgehead atoms. The largest absolute Gasteiger partial charge is 0.269 e. The number of halogens is 4. The third kappa shape index (κ3) is 2.97. The van der Waals surface area contributed by atoms with Crippen LogP contribution in [-0.2, 0) is 0 Å². The Kier molecular flexibility index (Phi) is 3.84. The minimum Gasteiger partial charge on any atom is -0.258 e. The molecule has 0 atom stereocenters. The van der Waals surface area contributed by atoms with Gasteiger partial charge in [0.05, 0.1) is 4.92 Å². The molecule has 1 aromatic heterocycles. The van der Waals surface area contributed by atoms with Crippen molar-refractivity contribution >= 4 is 5.69 Å². The maximum absolute atomic E-state index is 13.3. The van der Waals surface area contributed by atoms with Crippen molar-refractivity contribution in [2.75, 3.05) is 0 Å². The van der Waals surface area contributed by atoms with Crippen LogP contribution in [0, 0.1) is 45.5 Å². The van der Waals surface area contributed by atoms with Crippen LogP contribution in [0.25, 0.3) is 0 Å². The highest BCUT2D eigenvalue weighted by Gasteiger charge is 2.19. The van der Waals surface area contributed by atoms with E-state index in [9.17, 15) is 27.7 Å². The van der Waals surface area contributed by atoms with Crippen LogP contribution in [0.15, 0.2) is 24.3 Å². The SMILES string of the molecule is O=[N+]([O-])c1ccc(C#Cc2c(F)c(F)nc(F)c2F)cc1. The molecule has 106 valence electrons. The number of benzene rings is 1. The van der Waals surface area contributed by atoms with E-state index < -0.39 is 34.0 Å². The first-order valence-electron chi connectivity index (χ1n) is 5.36. The van der Waals surface area contributed by atoms with Gasteiger partial charge in [0.1, 0.15) is 5.56 Å². The molecule has 0 amide bonds. The predicted octanol–water partition coefficient (Wildman–Crippen LogP) is 2.95. The Balaban J connectivity index is 2.42. The van der Waals surface area contributed by atoms with Gasteiger partial charge in [-0.05, 0) is 12.1 Å². The van der Waals surface area contributed by atoms with Crippen LogP contribution in [0.5, 0.6) is 0 Å². The summed E-state index contributed by atoms with van der Waals surface area (Å²) in [5, 5.41) is 10.4. The number of nitrogens with zero attached hydrogens (tertiary/aromatic N) is 2. The second-order valence-electron chi connectivity index (χ2n) is 3.75. The number of aromatic nitrogens is 1. The molecule has 0 aliphatic rings. The minimum atomic E-state index is -1.80. The van der Waals surface area contributed by atoms with Crippen LogP contribution in [0.2, 0.25) is 0 Å². The Morgan fingerprint density at radius 1 is 0.952 bits per heavy atom. The summed E-state index contributed by atoms with van der Waals surface area (Å²) < 4.78 is 52.3. The Bertz CT molecular complexity index is 753. The molecule has 0 saturated heterocycles. The van der Waals surface area contributed by atoms with Crippen molar-refractivity contribution in [1.82, 2.24) is 4.98 Å². The highest BCUT2D eigenvalue weighted by atomic mass is 19.2. The fourth-order valence-corrected chi connectivity index (χ4v) is 1.40. The van der Waals surface area contributed by atoms with Crippen LogP contribution >= 0.6 is 0 Å². The molecule has 0 aliphatic heterocycles. The lowest BCUT2D eigenvalue weighted by molar-refractivity contribution is -0.384. The van der Waals surface area contributed by atoms with Gasteiger partial charge in [-0.25, -0.2) is 8.78 Å². The van der Waals surface area contributed by atoms with E-state index in [1.54, 1.807) is 0 Å². The molecular weight excluding hydrogens is 292 g/mol. The van der Waals surface area contributed by atoms with Gasteiger partial charge in [-0.2, -0.15) is 13.8 Å². The summed E-state index contributed by atoms with van der Waals surface area (Å²) >= 11 is 0. The normalized spacial score (nSPS) is 9.90. The summed E-state index contributed by atoms with van der Waals surface area (Å²) in [6, 6.07) is 4.72. The van der Waals surface area contributed by atoms with Gasteiger partial charge in [0, 0.05) is 17.7 Å². The average Bonchev–Trinajstić information content (AvgIpc) is 2.45. The molecule has 0 aliphatic carbocycles. The lowest BCUT2D eigenvalue weighted by Crippen LogP contribution is -2.03. The lowest BCUT2D eigenvalue weighted by Gasteiger charge is -1.98. The third-order valence-corrected chi connectivity index (χ3v) is 2.41. The second-order valence-corrected chi connectivity index (χ2v) is 3.75. The number of non-ortho nitro benzene ring substituents is 1. The molecule has 0 saturated carbocycles. The fraction of sp³-hybridized carbons (Fsp3) is 0. The van der Waals surface area contributed by atoms with Crippen LogP contribution in [0.3, 0.4) is 0 Å². The average molecular weight is 296 g/mol. The van der Waals surface area contributed by atoms with E-state index in [-0.39, 0.29) is 11.3 Å². The summed E-state index contributed by atoms with van der Waals surface area (Å²) in [4.78, 5) is 12.2. The number of nitro groups is 1. The van der Waals surface area contributed by atoms with Gasteiger partial charge in [-0.3, -0.25) is 10.1 Å². The number of rotatable bonds is 1. The van der Waals surface area contributed by atoms with Crippen molar-refractivity contribution in [3.05, 3.63) is 69.0 Å². The molecule has 2 aromatic rings. The number of hydrogen-bond acceptors (Lipinski definition) is 3. The topological polar surface area (TPSA) is 56.0 Å². The first kappa shape index (κ1) is 14.5. The summed E-state index contributed by atoms with van der Waals surface area (Å²) in [6.45, 7) is 0. The van der Waals surface area contributed by atoms with Crippen LogP contribution in [0.1, 0.15) is 11.1 Å². The minimum absolute atomic E-state index is 0.178. The number of hydrogen-bond donors (Lipinski definition) is 0. The zero-order valence-electron chi connectivity index (χ0n) is 10.0. The molecule has 21 heavy (non-hydrogen) atoms. The van der Waals surface area contributed by atoms with E-state index in [2.05, 4.69) is 10.9 Å². The Labute approximate surface area is 115 Å². The van der Waals surface area contributed by atoms with Gasteiger partial charge in [-0.1, -0.05) is 11.8 Å². The molecule has 0 spiro atoms. The maximum Gasteiger partial charge on any atom is 0.269 e. The first-order valence-corrected chi connectivity index (χ1v) is 5.36. The third-order valence-electron chi connectivity index (χ3n) is 2.41. The van der Waals surface area contributed by atoms with Crippen LogP contribution in [0.4, 0.5) is 23.2 Å². The van der Waals surface area contributed by atoms with Crippen LogP contribution < -0.4 is 0 Å². The van der Waals surface area contributed by atoms with Gasteiger partial charge >= 0.3 is 0 Å². The smallest absolute Gasteiger partial charge is 0.258 e. The van der Waals surface area contributed by atoms with Gasteiger partial charge in [-0.15, -0.1) is 0 Å². The highest BCUT2D eigenvalue weighted by Crippen LogP contribution is 2.16. The van der Waals surface area contributed by atoms with Crippen molar-refractivity contribution in [3.8, 4) is 11.8 Å². The number of pyridine rings is 1. The molecule has 0 N–H and O–H groups in total. The van der Waals surface area contributed by atoms with Crippen molar-refractivity contribution in [2.24, 2.45) is 0 Å². The molecule has 2 rings (SSSR count).